The Labute approximate surface area is 221 Å². The second-order valence-corrected chi connectivity index (χ2v) is 13.1. The van der Waals surface area contributed by atoms with Crippen molar-refractivity contribution < 1.29 is 14.3 Å². The molecule has 3 N–H and O–H groups in total. The van der Waals surface area contributed by atoms with Gasteiger partial charge in [-0.15, -0.1) is 0 Å². The molecule has 1 spiro atoms. The summed E-state index contributed by atoms with van der Waals surface area (Å²) in [6.45, 7) is 10.2. The molecule has 1 aromatic carbocycles. The van der Waals surface area contributed by atoms with E-state index in [4.69, 9.17) is 5.73 Å². The molecule has 0 amide bonds. The van der Waals surface area contributed by atoms with Crippen molar-refractivity contribution in [2.45, 2.75) is 89.2 Å². The number of aliphatic hydroxyl groups is 1. The highest BCUT2D eigenvalue weighted by Gasteiger charge is 2.87. The molecule has 4 nitrogen and oxygen atoms in total. The van der Waals surface area contributed by atoms with Crippen LogP contribution in [0.3, 0.4) is 0 Å². The van der Waals surface area contributed by atoms with Gasteiger partial charge in [-0.2, -0.15) is 0 Å². The number of hydrogen-bond donors (Lipinski definition) is 2. The van der Waals surface area contributed by atoms with Crippen LogP contribution >= 0.6 is 0 Å². The SMILES string of the molecule is C=C(c1ccc(C2CCC3C4C(C2)CC(N)C2(C)CC342)c(F)c1)N(C/C=C/CC(=O)C1(O)CC1)CCC. The summed E-state index contributed by atoms with van der Waals surface area (Å²) in [5.74, 6) is 2.37. The molecule has 1 aromatic rings. The van der Waals surface area contributed by atoms with Crippen LogP contribution in [0.25, 0.3) is 5.70 Å². The summed E-state index contributed by atoms with van der Waals surface area (Å²) in [6, 6.07) is 6.03. The fourth-order valence-corrected chi connectivity index (χ4v) is 8.76. The number of halogens is 1. The minimum Gasteiger partial charge on any atom is -0.382 e. The third-order valence-corrected chi connectivity index (χ3v) is 11.2. The minimum absolute atomic E-state index is 0.102. The van der Waals surface area contributed by atoms with Crippen LogP contribution < -0.4 is 5.73 Å². The Kier molecular flexibility index (Phi) is 6.00. The average Bonchev–Trinajstić information content (AvgIpc) is 3.79. The maximum atomic E-state index is 15.6. The Morgan fingerprint density at radius 3 is 2.76 bits per heavy atom. The Balaban J connectivity index is 1.11. The van der Waals surface area contributed by atoms with Crippen molar-refractivity contribution in [2.75, 3.05) is 13.1 Å². The maximum absolute atomic E-state index is 15.6. The first kappa shape index (κ1) is 25.3. The van der Waals surface area contributed by atoms with Crippen LogP contribution in [0.15, 0.2) is 36.9 Å². The van der Waals surface area contributed by atoms with E-state index in [9.17, 15) is 9.90 Å². The van der Waals surface area contributed by atoms with E-state index in [0.717, 1.165) is 60.9 Å². The molecule has 5 aliphatic rings. The number of rotatable bonds is 10. The zero-order valence-electron chi connectivity index (χ0n) is 22.5. The number of ketones is 1. The molecule has 200 valence electrons. The van der Waals surface area contributed by atoms with E-state index in [1.807, 2.05) is 24.3 Å². The summed E-state index contributed by atoms with van der Waals surface area (Å²) in [7, 11) is 0. The first-order valence-corrected chi connectivity index (χ1v) is 14.5. The van der Waals surface area contributed by atoms with Crippen LogP contribution in [0.4, 0.5) is 4.39 Å². The molecule has 7 atom stereocenters. The molecule has 6 rings (SSSR count). The molecular formula is C32H43FN2O2. The van der Waals surface area contributed by atoms with Crippen molar-refractivity contribution in [1.29, 1.82) is 0 Å². The van der Waals surface area contributed by atoms with Crippen molar-refractivity contribution in [3.8, 4) is 0 Å². The highest BCUT2D eigenvalue weighted by atomic mass is 19.1. The standard InChI is InChI=1S/C32H43FN2O2/c1-4-14-35(15-6-5-7-28(36)31(37)12-13-31)20(2)21-8-10-24(26(33)17-21)22-9-11-25-29-23(16-22)18-27(34)30(3)19-32(25,29)30/h5-6,8,10,17,22-23,25,27,29,37H,2,4,7,9,11-16,18-19,34H2,1,3H3/b6-5+. The lowest BCUT2D eigenvalue weighted by Crippen LogP contribution is -2.38. The van der Waals surface area contributed by atoms with Gasteiger partial charge in [-0.3, -0.25) is 4.79 Å². The topological polar surface area (TPSA) is 66.6 Å². The van der Waals surface area contributed by atoms with E-state index >= 15 is 4.39 Å². The number of hydrogen-bond acceptors (Lipinski definition) is 4. The first-order valence-electron chi connectivity index (χ1n) is 14.5. The Hall–Kier alpha value is -1.98. The van der Waals surface area contributed by atoms with Crippen LogP contribution in [-0.4, -0.2) is 40.5 Å². The lowest BCUT2D eigenvalue weighted by molar-refractivity contribution is -0.128. The zero-order valence-corrected chi connectivity index (χ0v) is 22.5. The molecule has 0 aromatic heterocycles. The van der Waals surface area contributed by atoms with Gasteiger partial charge in [-0.25, -0.2) is 4.39 Å². The van der Waals surface area contributed by atoms with Crippen LogP contribution in [-0.2, 0) is 4.79 Å². The fraction of sp³-hybridized carbons (Fsp3) is 0.656. The number of nitrogens with zero attached hydrogens (tertiary/aromatic N) is 1. The van der Waals surface area contributed by atoms with E-state index in [0.29, 0.717) is 42.2 Å². The monoisotopic (exact) mass is 506 g/mol. The normalized spacial score (nSPS) is 38.4. The molecule has 5 fully saturated rings. The highest BCUT2D eigenvalue weighted by molar-refractivity contribution is 5.90. The first-order chi connectivity index (χ1) is 17.6. The Morgan fingerprint density at radius 2 is 2.05 bits per heavy atom. The van der Waals surface area contributed by atoms with Gasteiger partial charge >= 0.3 is 0 Å². The van der Waals surface area contributed by atoms with Gasteiger partial charge in [0.2, 0.25) is 0 Å². The second-order valence-electron chi connectivity index (χ2n) is 13.1. The molecule has 37 heavy (non-hydrogen) atoms. The van der Waals surface area contributed by atoms with Crippen LogP contribution in [0.2, 0.25) is 0 Å². The molecular weight excluding hydrogens is 463 g/mol. The molecule has 5 heteroatoms. The fourth-order valence-electron chi connectivity index (χ4n) is 8.76. The minimum atomic E-state index is -1.07. The number of allylic oxidation sites excluding steroid dienone is 1. The number of nitrogens with two attached hydrogens (primary N) is 1. The summed E-state index contributed by atoms with van der Waals surface area (Å²) in [5, 5.41) is 9.93. The number of Topliss-reactive ketones (excluding diaryl/α,β-unsaturated/α-hetero) is 1. The van der Waals surface area contributed by atoms with Crippen LogP contribution in [0.1, 0.15) is 88.7 Å². The van der Waals surface area contributed by atoms with E-state index in [2.05, 4.69) is 25.3 Å². The van der Waals surface area contributed by atoms with Gasteiger partial charge in [-0.05, 0) is 97.5 Å². The van der Waals surface area contributed by atoms with Crippen molar-refractivity contribution in [3.05, 3.63) is 53.9 Å². The second kappa shape index (κ2) is 8.77. The van der Waals surface area contributed by atoms with Crippen molar-refractivity contribution in [2.24, 2.45) is 34.3 Å². The van der Waals surface area contributed by atoms with E-state index < -0.39 is 5.60 Å². The summed E-state index contributed by atoms with van der Waals surface area (Å²) < 4.78 is 15.6. The van der Waals surface area contributed by atoms with Gasteiger partial charge in [0.25, 0.3) is 0 Å². The van der Waals surface area contributed by atoms with Crippen LogP contribution in [0.5, 0.6) is 0 Å². The van der Waals surface area contributed by atoms with Gasteiger partial charge in [-0.1, -0.05) is 44.7 Å². The Morgan fingerprint density at radius 1 is 1.27 bits per heavy atom. The molecule has 5 saturated carbocycles. The lowest BCUT2D eigenvalue weighted by atomic mass is 9.74. The average molecular weight is 507 g/mol. The van der Waals surface area contributed by atoms with Gasteiger partial charge in [0.05, 0.1) is 0 Å². The molecule has 0 aliphatic heterocycles. The maximum Gasteiger partial charge on any atom is 0.168 e. The largest absolute Gasteiger partial charge is 0.382 e. The lowest BCUT2D eigenvalue weighted by Gasteiger charge is -2.33. The molecule has 7 unspecified atom stereocenters. The van der Waals surface area contributed by atoms with Crippen molar-refractivity contribution in [3.63, 3.8) is 0 Å². The number of carbonyl (C=O) groups is 1. The third-order valence-electron chi connectivity index (χ3n) is 11.2. The molecule has 5 aliphatic carbocycles. The quantitative estimate of drug-likeness (QED) is 0.393. The zero-order chi connectivity index (χ0) is 26.2. The Bertz CT molecular complexity index is 1140. The predicted molar refractivity (Wildman–Crippen MR) is 145 cm³/mol. The van der Waals surface area contributed by atoms with Crippen LogP contribution in [0, 0.1) is 34.4 Å². The van der Waals surface area contributed by atoms with Gasteiger partial charge in [0.1, 0.15) is 11.4 Å². The van der Waals surface area contributed by atoms with E-state index in [1.165, 1.54) is 12.8 Å². The molecule has 0 saturated heterocycles. The summed E-state index contributed by atoms with van der Waals surface area (Å²) in [4.78, 5) is 14.2. The predicted octanol–water partition coefficient (Wildman–Crippen LogP) is 5.81. The smallest absolute Gasteiger partial charge is 0.168 e. The van der Waals surface area contributed by atoms with Gasteiger partial charge in [0.15, 0.2) is 5.78 Å². The highest BCUT2D eigenvalue weighted by Crippen LogP contribution is 2.91. The number of carbonyl (C=O) groups excluding carboxylic acids is 1. The third kappa shape index (κ3) is 3.95. The molecule has 0 radical (unpaired) electrons. The number of benzene rings is 1. The summed E-state index contributed by atoms with van der Waals surface area (Å²) >= 11 is 0. The van der Waals surface area contributed by atoms with Crippen molar-refractivity contribution in [1.82, 2.24) is 4.90 Å². The van der Waals surface area contributed by atoms with E-state index in [-0.39, 0.29) is 23.9 Å². The van der Waals surface area contributed by atoms with Gasteiger partial charge < -0.3 is 15.7 Å². The van der Waals surface area contributed by atoms with E-state index in [1.54, 1.807) is 6.07 Å². The summed E-state index contributed by atoms with van der Waals surface area (Å²) in [5.41, 5.74) is 8.99. The molecule has 0 bridgehead atoms. The molecule has 0 heterocycles. The van der Waals surface area contributed by atoms with Crippen molar-refractivity contribution >= 4 is 11.5 Å². The van der Waals surface area contributed by atoms with Gasteiger partial charge in [0, 0.05) is 36.8 Å². The summed E-state index contributed by atoms with van der Waals surface area (Å²) in [6.07, 6.45) is 12.0.